The maximum atomic E-state index is 10.9. The normalized spacial score (nSPS) is 9.18. The van der Waals surface area contributed by atoms with E-state index in [0.29, 0.717) is 15.7 Å². The molecule has 0 spiro atoms. The first-order valence-electron chi connectivity index (χ1n) is 4.50. The van der Waals surface area contributed by atoms with Crippen molar-refractivity contribution in [3.8, 4) is 5.40 Å². The van der Waals surface area contributed by atoms with Gasteiger partial charge in [0.05, 0.1) is 5.56 Å². The van der Waals surface area contributed by atoms with Gasteiger partial charge in [-0.2, -0.15) is 5.26 Å². The molecule has 3 N–H and O–H groups in total. The molecule has 0 aromatic heterocycles. The molecule has 17 heavy (non-hydrogen) atoms. The molecule has 0 atom stereocenters. The highest BCUT2D eigenvalue weighted by Gasteiger charge is 2.08. The van der Waals surface area contributed by atoms with Gasteiger partial charge in [0, 0.05) is 17.6 Å². The Bertz CT molecular complexity index is 497. The zero-order chi connectivity index (χ0) is 12.8. The topological polar surface area (TPSA) is 85.1 Å². The Kier molecular flexibility index (Phi) is 4.75. The van der Waals surface area contributed by atoms with E-state index in [0.717, 1.165) is 11.8 Å². The first-order chi connectivity index (χ1) is 8.06. The van der Waals surface area contributed by atoms with Crippen LogP contribution in [0.15, 0.2) is 23.1 Å². The maximum absolute atomic E-state index is 10.9. The Morgan fingerprint density at radius 3 is 2.76 bits per heavy atom. The number of thiocarbonyl (C=S) groups is 1. The van der Waals surface area contributed by atoms with Gasteiger partial charge in [0.2, 0.25) is 0 Å². The zero-order valence-electron chi connectivity index (χ0n) is 8.85. The minimum absolute atomic E-state index is 0.103. The Balaban J connectivity index is 3.08. The monoisotopic (exact) mass is 267 g/mol. The third-order valence-electron chi connectivity index (χ3n) is 1.80. The van der Waals surface area contributed by atoms with E-state index in [1.165, 1.54) is 12.1 Å². The van der Waals surface area contributed by atoms with Crippen LogP contribution in [0.5, 0.6) is 0 Å². The van der Waals surface area contributed by atoms with Crippen LogP contribution in [0.1, 0.15) is 10.4 Å². The fourth-order valence-electron chi connectivity index (χ4n) is 1.10. The van der Waals surface area contributed by atoms with Crippen molar-refractivity contribution in [2.24, 2.45) is 0 Å². The van der Waals surface area contributed by atoms with Gasteiger partial charge in [0.15, 0.2) is 5.11 Å². The molecule has 88 valence electrons. The third-order valence-corrected chi connectivity index (χ3v) is 2.67. The maximum Gasteiger partial charge on any atom is 0.335 e. The van der Waals surface area contributed by atoms with Crippen molar-refractivity contribution < 1.29 is 9.90 Å². The molecule has 0 bridgehead atoms. The predicted molar refractivity (Wildman–Crippen MR) is 70.2 cm³/mol. The summed E-state index contributed by atoms with van der Waals surface area (Å²) >= 11 is 5.81. The standard InChI is InChI=1S/C10H9N3O2S2/c1-12-10(16)13-7-2-6(9(14)15)3-8(4-7)17-5-11/h2-4H,1H3,(H,14,15)(H2,12,13,16). The molecule has 0 amide bonds. The highest BCUT2D eigenvalue weighted by Crippen LogP contribution is 2.23. The number of thiocyanates is 1. The number of nitriles is 1. The molecule has 1 rings (SSSR count). The van der Waals surface area contributed by atoms with E-state index in [2.05, 4.69) is 10.6 Å². The van der Waals surface area contributed by atoms with Crippen LogP contribution in [0, 0.1) is 10.7 Å². The van der Waals surface area contributed by atoms with Crippen molar-refractivity contribution in [3.05, 3.63) is 23.8 Å². The number of nitrogens with one attached hydrogen (secondary N) is 2. The molecule has 1 aromatic rings. The van der Waals surface area contributed by atoms with Crippen molar-refractivity contribution in [2.45, 2.75) is 4.90 Å². The average molecular weight is 267 g/mol. The molecule has 0 fully saturated rings. The van der Waals surface area contributed by atoms with E-state index in [-0.39, 0.29) is 5.56 Å². The summed E-state index contributed by atoms with van der Waals surface area (Å²) in [5.74, 6) is -1.05. The lowest BCUT2D eigenvalue weighted by atomic mass is 10.2. The number of nitrogens with zero attached hydrogens (tertiary/aromatic N) is 1. The molecule has 0 saturated carbocycles. The van der Waals surface area contributed by atoms with E-state index in [4.69, 9.17) is 22.6 Å². The zero-order valence-corrected chi connectivity index (χ0v) is 10.5. The van der Waals surface area contributed by atoms with Gasteiger partial charge in [-0.15, -0.1) is 0 Å². The summed E-state index contributed by atoms with van der Waals surface area (Å²) < 4.78 is 0. The molecule has 7 heteroatoms. The largest absolute Gasteiger partial charge is 0.478 e. The van der Waals surface area contributed by atoms with Gasteiger partial charge >= 0.3 is 5.97 Å². The summed E-state index contributed by atoms with van der Waals surface area (Å²) in [6.45, 7) is 0. The summed E-state index contributed by atoms with van der Waals surface area (Å²) in [6.07, 6.45) is 0. The number of rotatable bonds is 3. The van der Waals surface area contributed by atoms with E-state index in [9.17, 15) is 4.79 Å². The fourth-order valence-corrected chi connectivity index (χ4v) is 1.69. The van der Waals surface area contributed by atoms with Crippen LogP contribution in [0.2, 0.25) is 0 Å². The molecule has 0 radical (unpaired) electrons. The number of thioether (sulfide) groups is 1. The first kappa shape index (κ1) is 13.3. The second kappa shape index (κ2) is 6.08. The lowest BCUT2D eigenvalue weighted by Crippen LogP contribution is -2.24. The fraction of sp³-hybridized carbons (Fsp3) is 0.100. The Morgan fingerprint density at radius 2 is 2.24 bits per heavy atom. The molecule has 1 aromatic carbocycles. The van der Waals surface area contributed by atoms with Crippen molar-refractivity contribution >= 4 is 40.7 Å². The summed E-state index contributed by atoms with van der Waals surface area (Å²) in [6, 6.07) is 4.54. The number of hydrogen-bond acceptors (Lipinski definition) is 4. The number of benzene rings is 1. The number of aromatic carboxylic acids is 1. The number of anilines is 1. The van der Waals surface area contributed by atoms with Gasteiger partial charge in [0.1, 0.15) is 5.40 Å². The van der Waals surface area contributed by atoms with Gasteiger partial charge in [-0.05, 0) is 42.2 Å². The Labute approximate surface area is 108 Å². The van der Waals surface area contributed by atoms with E-state index in [1.54, 1.807) is 13.1 Å². The van der Waals surface area contributed by atoms with Crippen LogP contribution < -0.4 is 10.6 Å². The van der Waals surface area contributed by atoms with Gasteiger partial charge in [-0.1, -0.05) is 0 Å². The third kappa shape index (κ3) is 3.94. The SMILES string of the molecule is CNC(=S)Nc1cc(SC#N)cc(C(=O)O)c1. The van der Waals surface area contributed by atoms with Crippen LogP contribution in [0.3, 0.4) is 0 Å². The summed E-state index contributed by atoms with van der Waals surface area (Å²) in [5.41, 5.74) is 0.633. The van der Waals surface area contributed by atoms with Crippen molar-refractivity contribution in [2.75, 3.05) is 12.4 Å². The average Bonchev–Trinajstić information content (AvgIpc) is 2.29. The minimum Gasteiger partial charge on any atom is -0.478 e. The molecule has 0 aliphatic carbocycles. The van der Waals surface area contributed by atoms with Crippen LogP contribution in [0.25, 0.3) is 0 Å². The highest BCUT2D eigenvalue weighted by atomic mass is 32.2. The van der Waals surface area contributed by atoms with Gasteiger partial charge in [-0.3, -0.25) is 0 Å². The lowest BCUT2D eigenvalue weighted by molar-refractivity contribution is 0.0696. The lowest BCUT2D eigenvalue weighted by Gasteiger charge is -2.09. The molecule has 5 nitrogen and oxygen atoms in total. The molecular formula is C10H9N3O2S2. The molecular weight excluding hydrogens is 258 g/mol. The predicted octanol–water partition coefficient (Wildman–Crippen LogP) is 1.87. The number of carbonyl (C=O) groups is 1. The van der Waals surface area contributed by atoms with Gasteiger partial charge < -0.3 is 15.7 Å². The minimum atomic E-state index is -1.05. The Morgan fingerprint density at radius 1 is 1.53 bits per heavy atom. The van der Waals surface area contributed by atoms with Gasteiger partial charge in [0.25, 0.3) is 0 Å². The summed E-state index contributed by atoms with van der Waals surface area (Å²) in [7, 11) is 1.65. The highest BCUT2D eigenvalue weighted by molar-refractivity contribution is 8.03. The van der Waals surface area contributed by atoms with Crippen LogP contribution in [0.4, 0.5) is 5.69 Å². The van der Waals surface area contributed by atoms with Crippen molar-refractivity contribution in [1.29, 1.82) is 5.26 Å². The smallest absolute Gasteiger partial charge is 0.335 e. The Hall–Kier alpha value is -1.78. The van der Waals surface area contributed by atoms with E-state index in [1.807, 2.05) is 5.40 Å². The second-order valence-electron chi connectivity index (χ2n) is 2.95. The molecule has 0 aliphatic rings. The van der Waals surface area contributed by atoms with E-state index >= 15 is 0 Å². The second-order valence-corrected chi connectivity index (χ2v) is 4.22. The van der Waals surface area contributed by atoms with Gasteiger partial charge in [-0.25, -0.2) is 4.79 Å². The van der Waals surface area contributed by atoms with Crippen LogP contribution >= 0.6 is 24.0 Å². The van der Waals surface area contributed by atoms with Crippen molar-refractivity contribution in [1.82, 2.24) is 5.32 Å². The molecule has 0 heterocycles. The molecule has 0 aliphatic heterocycles. The van der Waals surface area contributed by atoms with Crippen LogP contribution in [-0.2, 0) is 0 Å². The number of carboxylic acid groups (broad SMARTS) is 1. The summed E-state index contributed by atoms with van der Waals surface area (Å²) in [4.78, 5) is 11.4. The molecule has 0 saturated heterocycles. The van der Waals surface area contributed by atoms with Crippen molar-refractivity contribution in [3.63, 3.8) is 0 Å². The quantitative estimate of drug-likeness (QED) is 0.438. The van der Waals surface area contributed by atoms with Crippen LogP contribution in [-0.4, -0.2) is 23.2 Å². The summed E-state index contributed by atoms with van der Waals surface area (Å²) in [5, 5.41) is 25.3. The molecule has 0 unspecified atom stereocenters. The number of carboxylic acids is 1. The number of hydrogen-bond donors (Lipinski definition) is 3. The van der Waals surface area contributed by atoms with E-state index < -0.39 is 5.97 Å². The first-order valence-corrected chi connectivity index (χ1v) is 5.72.